The number of aromatic nitrogens is 3. The summed E-state index contributed by atoms with van der Waals surface area (Å²) >= 11 is 0. The second-order valence-electron chi connectivity index (χ2n) is 12.4. The number of hydrogen-bond donors (Lipinski definition) is 2. The van der Waals surface area contributed by atoms with Crippen molar-refractivity contribution in [2.45, 2.75) is 19.4 Å². The highest BCUT2D eigenvalue weighted by Crippen LogP contribution is 2.27. The van der Waals surface area contributed by atoms with Gasteiger partial charge in [0.2, 0.25) is 5.91 Å². The largest absolute Gasteiger partial charge is 0.384 e. The third kappa shape index (κ3) is 6.63. The number of nitrogens with two attached hydrogens (primary N) is 1. The molecule has 0 saturated carbocycles. The Bertz CT molecular complexity index is 2060. The molecule has 4 aromatic carbocycles. The minimum atomic E-state index is 0.0683. The molecule has 1 fully saturated rings. The van der Waals surface area contributed by atoms with Crippen molar-refractivity contribution in [3.05, 3.63) is 132 Å². The predicted octanol–water partition coefficient (Wildman–Crippen LogP) is 5.55. The van der Waals surface area contributed by atoms with Crippen LogP contribution in [0, 0.1) is 5.41 Å². The number of benzene rings is 4. The van der Waals surface area contributed by atoms with Crippen LogP contribution in [0.4, 0.5) is 11.5 Å². The third-order valence-electron chi connectivity index (χ3n) is 9.38. The number of imidazole rings is 1. The van der Waals surface area contributed by atoms with Crippen LogP contribution >= 0.6 is 0 Å². The van der Waals surface area contributed by atoms with Crippen LogP contribution < -0.4 is 15.5 Å². The van der Waals surface area contributed by atoms with Crippen LogP contribution in [0.3, 0.4) is 0 Å². The summed E-state index contributed by atoms with van der Waals surface area (Å²) in [7, 11) is 2.05. The van der Waals surface area contributed by atoms with Gasteiger partial charge in [-0.2, -0.15) is 0 Å². The van der Waals surface area contributed by atoms with Crippen molar-refractivity contribution in [2.75, 3.05) is 42.5 Å². The molecule has 1 aliphatic heterocycles. The van der Waals surface area contributed by atoms with E-state index in [2.05, 4.69) is 73.9 Å². The Labute approximate surface area is 280 Å². The molecule has 0 aliphatic carbocycles. The molecule has 9 nitrogen and oxygen atoms in total. The molecule has 3 N–H and O–H groups in total. The molecule has 9 heteroatoms. The number of hydrogen-bond acceptors (Lipinski definition) is 6. The summed E-state index contributed by atoms with van der Waals surface area (Å²) < 4.78 is 2.14. The molecule has 0 spiro atoms. The lowest BCUT2D eigenvalue weighted by Gasteiger charge is -2.36. The molecule has 2 aromatic heterocycles. The molecular formula is C39H40N8O. The normalized spacial score (nSPS) is 13.6. The van der Waals surface area contributed by atoms with Crippen LogP contribution in [0.1, 0.15) is 22.5 Å². The smallest absolute Gasteiger partial charge is 0.241 e. The number of amidine groups is 1. The van der Waals surface area contributed by atoms with E-state index in [4.69, 9.17) is 16.1 Å². The van der Waals surface area contributed by atoms with Crippen LogP contribution in [0.2, 0.25) is 0 Å². The van der Waals surface area contributed by atoms with Gasteiger partial charge in [-0.15, -0.1) is 0 Å². The van der Waals surface area contributed by atoms with Crippen molar-refractivity contribution in [2.24, 2.45) is 12.8 Å². The van der Waals surface area contributed by atoms with Crippen LogP contribution in [0.5, 0.6) is 0 Å². The predicted molar refractivity (Wildman–Crippen MR) is 194 cm³/mol. The van der Waals surface area contributed by atoms with Gasteiger partial charge in [0.15, 0.2) is 0 Å². The van der Waals surface area contributed by atoms with Gasteiger partial charge in [-0.1, -0.05) is 72.8 Å². The van der Waals surface area contributed by atoms with Gasteiger partial charge in [0.25, 0.3) is 0 Å². The van der Waals surface area contributed by atoms with E-state index in [1.807, 2.05) is 66.7 Å². The Morgan fingerprint density at radius 1 is 0.875 bits per heavy atom. The molecule has 7 rings (SSSR count). The van der Waals surface area contributed by atoms with E-state index < -0.39 is 0 Å². The molecule has 48 heavy (non-hydrogen) atoms. The molecule has 0 atom stereocenters. The lowest BCUT2D eigenvalue weighted by atomic mass is 10.0. The molecule has 242 valence electrons. The summed E-state index contributed by atoms with van der Waals surface area (Å²) in [6, 6.07) is 34.7. The number of carbonyl (C=O) groups excluding carboxylic acids is 1. The highest BCUT2D eigenvalue weighted by molar-refractivity contribution is 5.98. The van der Waals surface area contributed by atoms with Gasteiger partial charge >= 0.3 is 0 Å². The Morgan fingerprint density at radius 3 is 2.42 bits per heavy atom. The van der Waals surface area contributed by atoms with Crippen LogP contribution in [0.25, 0.3) is 21.8 Å². The molecule has 6 aromatic rings. The quantitative estimate of drug-likeness (QED) is 0.151. The highest BCUT2D eigenvalue weighted by Gasteiger charge is 2.25. The number of fused-ring (bicyclic) bond motifs is 2. The maximum absolute atomic E-state index is 14.2. The number of nitrogen functional groups attached to an aromatic ring is 1. The van der Waals surface area contributed by atoms with Crippen molar-refractivity contribution in [1.82, 2.24) is 19.4 Å². The van der Waals surface area contributed by atoms with Gasteiger partial charge in [0.1, 0.15) is 17.5 Å². The van der Waals surface area contributed by atoms with Crippen LogP contribution in [-0.4, -0.2) is 63.9 Å². The summed E-state index contributed by atoms with van der Waals surface area (Å²) in [4.78, 5) is 30.2. The minimum Gasteiger partial charge on any atom is -0.384 e. The van der Waals surface area contributed by atoms with Crippen molar-refractivity contribution in [3.63, 3.8) is 0 Å². The van der Waals surface area contributed by atoms with Crippen molar-refractivity contribution in [1.29, 1.82) is 5.41 Å². The maximum atomic E-state index is 14.2. The van der Waals surface area contributed by atoms with E-state index in [0.29, 0.717) is 13.1 Å². The first kappa shape index (κ1) is 31.1. The summed E-state index contributed by atoms with van der Waals surface area (Å²) in [5.74, 6) is 2.10. The second kappa shape index (κ2) is 13.7. The first-order chi connectivity index (χ1) is 23.4. The van der Waals surface area contributed by atoms with Gasteiger partial charge in [-0.3, -0.25) is 15.1 Å². The number of pyridine rings is 1. The molecule has 3 heterocycles. The average Bonchev–Trinajstić information content (AvgIpc) is 3.44. The SMILES string of the molecule is Cn1c(CCc2ccc(C(=N)N)cc2)nc2cc(N(Cc3cccc4ccccc34)C(=O)CN3CCN(c4ccccn4)CC3)ccc21. The summed E-state index contributed by atoms with van der Waals surface area (Å²) in [5.41, 5.74) is 11.4. The van der Waals surface area contributed by atoms with Gasteiger partial charge in [0, 0.05) is 57.1 Å². The fraction of sp³-hybridized carbons (Fsp3) is 0.231. The van der Waals surface area contributed by atoms with Crippen molar-refractivity contribution in [3.8, 4) is 0 Å². The Kier molecular flexibility index (Phi) is 8.85. The van der Waals surface area contributed by atoms with Gasteiger partial charge in [-0.05, 0) is 58.7 Å². The lowest BCUT2D eigenvalue weighted by molar-refractivity contribution is -0.120. The van der Waals surface area contributed by atoms with E-state index in [0.717, 1.165) is 89.3 Å². The van der Waals surface area contributed by atoms with E-state index in [-0.39, 0.29) is 11.7 Å². The Hall–Kier alpha value is -5.54. The first-order valence-corrected chi connectivity index (χ1v) is 16.5. The number of nitrogens with one attached hydrogen (secondary N) is 1. The summed E-state index contributed by atoms with van der Waals surface area (Å²) in [5, 5.41) is 9.95. The number of piperazine rings is 1. The Morgan fingerprint density at radius 2 is 1.65 bits per heavy atom. The zero-order valence-electron chi connectivity index (χ0n) is 27.2. The minimum absolute atomic E-state index is 0.0683. The summed E-state index contributed by atoms with van der Waals surface area (Å²) in [6.45, 7) is 4.06. The van der Waals surface area contributed by atoms with Crippen molar-refractivity contribution >= 4 is 45.1 Å². The van der Waals surface area contributed by atoms with E-state index >= 15 is 0 Å². The molecule has 0 unspecified atom stereocenters. The first-order valence-electron chi connectivity index (χ1n) is 16.5. The van der Waals surface area contributed by atoms with Gasteiger partial charge < -0.3 is 20.1 Å². The highest BCUT2D eigenvalue weighted by atomic mass is 16.2. The molecule has 1 saturated heterocycles. The molecule has 0 bridgehead atoms. The lowest BCUT2D eigenvalue weighted by Crippen LogP contribution is -2.50. The van der Waals surface area contributed by atoms with Crippen LogP contribution in [-0.2, 0) is 31.2 Å². The second-order valence-corrected chi connectivity index (χ2v) is 12.4. The standard InChI is InChI=1S/C39H40N8O/c1-44-35-18-17-32(25-34(35)43-37(44)19-14-28-12-15-30(16-13-28)39(40)41)47(26-31-9-6-8-29-7-2-3-10-33(29)31)38(48)27-45-21-23-46(24-22-45)36-11-4-5-20-42-36/h2-13,15-18,20,25H,14,19,21-24,26-27H2,1H3,(H3,40,41). The van der Waals surface area contributed by atoms with Gasteiger partial charge in [-0.25, -0.2) is 9.97 Å². The fourth-order valence-electron chi connectivity index (χ4n) is 6.61. The monoisotopic (exact) mass is 636 g/mol. The number of carbonyl (C=O) groups is 1. The molecule has 1 aliphatic rings. The Balaban J connectivity index is 1.13. The molecule has 0 radical (unpaired) electrons. The maximum Gasteiger partial charge on any atom is 0.241 e. The fourth-order valence-corrected chi connectivity index (χ4v) is 6.61. The molecular weight excluding hydrogens is 596 g/mol. The number of aryl methyl sites for hydroxylation is 3. The number of amides is 1. The number of nitrogens with zero attached hydrogens (tertiary/aromatic N) is 6. The van der Waals surface area contributed by atoms with E-state index in [1.54, 1.807) is 0 Å². The number of rotatable bonds is 10. The van der Waals surface area contributed by atoms with E-state index in [1.165, 1.54) is 5.56 Å². The average molecular weight is 637 g/mol. The summed E-state index contributed by atoms with van der Waals surface area (Å²) in [6.07, 6.45) is 3.41. The third-order valence-corrected chi connectivity index (χ3v) is 9.38. The van der Waals surface area contributed by atoms with Crippen LogP contribution in [0.15, 0.2) is 109 Å². The number of anilines is 2. The van der Waals surface area contributed by atoms with Gasteiger partial charge in [0.05, 0.1) is 24.1 Å². The zero-order chi connectivity index (χ0) is 33.0. The van der Waals surface area contributed by atoms with E-state index in [9.17, 15) is 4.79 Å². The molecule has 1 amide bonds. The topological polar surface area (TPSA) is 107 Å². The van der Waals surface area contributed by atoms with Crippen molar-refractivity contribution < 1.29 is 4.79 Å². The zero-order valence-corrected chi connectivity index (χ0v) is 27.2.